The van der Waals surface area contributed by atoms with Gasteiger partial charge >= 0.3 is 5.97 Å². The summed E-state index contributed by atoms with van der Waals surface area (Å²) < 4.78 is 0. The fourth-order valence-electron chi connectivity index (χ4n) is 1.42. The molecule has 0 aliphatic rings. The van der Waals surface area contributed by atoms with Crippen molar-refractivity contribution < 1.29 is 14.7 Å². The third-order valence-electron chi connectivity index (χ3n) is 2.48. The van der Waals surface area contributed by atoms with E-state index in [0.29, 0.717) is 0 Å². The van der Waals surface area contributed by atoms with Crippen LogP contribution in [-0.2, 0) is 9.59 Å². The monoisotopic (exact) mass is 263 g/mol. The number of nitrogens with one attached hydrogen (secondary N) is 1. The van der Waals surface area contributed by atoms with Crippen LogP contribution in [0, 0.1) is 0 Å². The topological polar surface area (TPSA) is 122 Å². The van der Waals surface area contributed by atoms with Gasteiger partial charge in [-0.3, -0.25) is 9.59 Å². The zero-order chi connectivity index (χ0) is 14.3. The van der Waals surface area contributed by atoms with E-state index in [0.717, 1.165) is 0 Å². The van der Waals surface area contributed by atoms with E-state index in [9.17, 15) is 9.59 Å². The number of nitrogens with two attached hydrogens (primary N) is 2. The van der Waals surface area contributed by atoms with Crippen molar-refractivity contribution in [3.05, 3.63) is 36.5 Å². The molecule has 102 valence electrons. The van der Waals surface area contributed by atoms with Crippen molar-refractivity contribution in [1.29, 1.82) is 0 Å². The lowest BCUT2D eigenvalue weighted by molar-refractivity contribution is -0.138. The van der Waals surface area contributed by atoms with Crippen molar-refractivity contribution in [1.82, 2.24) is 4.98 Å². The molecule has 1 atom stereocenters. The summed E-state index contributed by atoms with van der Waals surface area (Å²) in [5, 5.41) is 9.49. The number of H-pyrrole nitrogens is 1. The highest BCUT2D eigenvalue weighted by Gasteiger charge is 2.11. The molecule has 6 nitrogen and oxygen atoms in total. The van der Waals surface area contributed by atoms with Gasteiger partial charge in [0.25, 0.3) is 0 Å². The van der Waals surface area contributed by atoms with Gasteiger partial charge in [-0.2, -0.15) is 0 Å². The molecular formula is C13H17N3O3. The SMILES string of the molecule is NC(=O)CC[C@H](N)C(=O)O.c1ccc2[nH]ccc2c1. The first kappa shape index (κ1) is 14.7. The van der Waals surface area contributed by atoms with E-state index in [4.69, 9.17) is 16.6 Å². The third-order valence-corrected chi connectivity index (χ3v) is 2.48. The highest BCUT2D eigenvalue weighted by molar-refractivity contribution is 5.78. The van der Waals surface area contributed by atoms with Crippen molar-refractivity contribution in [3.63, 3.8) is 0 Å². The fourth-order valence-corrected chi connectivity index (χ4v) is 1.42. The average molecular weight is 263 g/mol. The number of para-hydroxylation sites is 1. The number of hydrogen-bond acceptors (Lipinski definition) is 3. The molecule has 0 aliphatic carbocycles. The van der Waals surface area contributed by atoms with Crippen LogP contribution in [0.1, 0.15) is 12.8 Å². The Bertz CT molecular complexity index is 521. The zero-order valence-electron chi connectivity index (χ0n) is 10.4. The lowest BCUT2D eigenvalue weighted by Gasteiger charge is -2.01. The molecule has 0 saturated carbocycles. The third kappa shape index (κ3) is 5.22. The summed E-state index contributed by atoms with van der Waals surface area (Å²) >= 11 is 0. The van der Waals surface area contributed by atoms with Gasteiger partial charge in [-0.15, -0.1) is 0 Å². The molecule has 0 spiro atoms. The lowest BCUT2D eigenvalue weighted by Crippen LogP contribution is -2.31. The number of primary amides is 1. The first-order chi connectivity index (χ1) is 9.00. The molecule has 0 saturated heterocycles. The minimum absolute atomic E-state index is 0.0213. The molecule has 0 fully saturated rings. The second-order valence-corrected chi connectivity index (χ2v) is 4.01. The van der Waals surface area contributed by atoms with Crippen LogP contribution in [-0.4, -0.2) is 28.0 Å². The van der Waals surface area contributed by atoms with Gasteiger partial charge in [-0.05, 0) is 23.9 Å². The summed E-state index contributed by atoms with van der Waals surface area (Å²) in [6.07, 6.45) is 2.07. The standard InChI is InChI=1S/C8H7N.C5H10N2O3/c1-2-4-8-7(3-1)5-6-9-8;6-3(5(9)10)1-2-4(7)8/h1-6,9H;3H,1-2,6H2,(H2,7,8)(H,9,10)/t;3-/m.0/s1. The quantitative estimate of drug-likeness (QED) is 0.652. The smallest absolute Gasteiger partial charge is 0.320 e. The summed E-state index contributed by atoms with van der Waals surface area (Å²) in [5.41, 5.74) is 11.0. The maximum atomic E-state index is 10.1. The van der Waals surface area contributed by atoms with Crippen LogP contribution in [0.3, 0.4) is 0 Å². The molecule has 1 aromatic heterocycles. The second kappa shape index (κ2) is 7.17. The van der Waals surface area contributed by atoms with Crippen molar-refractivity contribution in [2.45, 2.75) is 18.9 Å². The van der Waals surface area contributed by atoms with E-state index >= 15 is 0 Å². The van der Waals surface area contributed by atoms with E-state index < -0.39 is 17.9 Å². The van der Waals surface area contributed by atoms with Crippen LogP contribution in [0.4, 0.5) is 0 Å². The molecule has 2 rings (SSSR count). The molecular weight excluding hydrogens is 246 g/mol. The molecule has 1 aromatic carbocycles. The molecule has 6 N–H and O–H groups in total. The molecule has 0 bridgehead atoms. The Morgan fingerprint density at radius 1 is 1.26 bits per heavy atom. The Labute approximate surface area is 110 Å². The van der Waals surface area contributed by atoms with Crippen LogP contribution < -0.4 is 11.5 Å². The Balaban J connectivity index is 0.000000190. The average Bonchev–Trinajstić information content (AvgIpc) is 2.84. The van der Waals surface area contributed by atoms with Crippen LogP contribution in [0.5, 0.6) is 0 Å². The van der Waals surface area contributed by atoms with Crippen LogP contribution in [0.2, 0.25) is 0 Å². The van der Waals surface area contributed by atoms with Gasteiger partial charge in [-0.1, -0.05) is 18.2 Å². The number of amides is 1. The van der Waals surface area contributed by atoms with Gasteiger partial charge in [-0.25, -0.2) is 0 Å². The maximum absolute atomic E-state index is 10.1. The van der Waals surface area contributed by atoms with E-state index in [1.807, 2.05) is 18.3 Å². The zero-order valence-corrected chi connectivity index (χ0v) is 10.4. The summed E-state index contributed by atoms with van der Waals surface area (Å²) in [6.45, 7) is 0. The number of hydrogen-bond donors (Lipinski definition) is 4. The number of carbonyl (C=O) groups is 2. The molecule has 0 radical (unpaired) electrons. The van der Waals surface area contributed by atoms with Crippen LogP contribution in [0.25, 0.3) is 10.9 Å². The van der Waals surface area contributed by atoms with Crippen molar-refractivity contribution >= 4 is 22.8 Å². The van der Waals surface area contributed by atoms with Gasteiger partial charge in [0, 0.05) is 18.1 Å². The van der Waals surface area contributed by atoms with Gasteiger partial charge in [0.15, 0.2) is 0 Å². The highest BCUT2D eigenvalue weighted by Crippen LogP contribution is 2.09. The minimum atomic E-state index is -1.11. The normalized spacial score (nSPS) is 11.4. The van der Waals surface area contributed by atoms with E-state index in [1.54, 1.807) is 0 Å². The second-order valence-electron chi connectivity index (χ2n) is 4.01. The summed E-state index contributed by atoms with van der Waals surface area (Å²) in [5.74, 6) is -1.64. The van der Waals surface area contributed by atoms with Gasteiger partial charge in [0.2, 0.25) is 5.91 Å². The van der Waals surface area contributed by atoms with E-state index in [2.05, 4.69) is 23.2 Å². The van der Waals surface area contributed by atoms with Crippen molar-refractivity contribution in [2.24, 2.45) is 11.5 Å². The summed E-state index contributed by atoms with van der Waals surface area (Å²) in [6, 6.07) is 9.30. The maximum Gasteiger partial charge on any atom is 0.320 e. The Morgan fingerprint density at radius 3 is 2.53 bits per heavy atom. The van der Waals surface area contributed by atoms with E-state index in [-0.39, 0.29) is 12.8 Å². The van der Waals surface area contributed by atoms with Crippen LogP contribution >= 0.6 is 0 Å². The Kier molecular flexibility index (Phi) is 5.56. The number of carboxylic acid groups (broad SMARTS) is 1. The molecule has 0 aliphatic heterocycles. The largest absolute Gasteiger partial charge is 0.480 e. The predicted molar refractivity (Wildman–Crippen MR) is 72.3 cm³/mol. The Morgan fingerprint density at radius 2 is 1.95 bits per heavy atom. The summed E-state index contributed by atoms with van der Waals surface area (Å²) in [4.78, 5) is 23.3. The van der Waals surface area contributed by atoms with Crippen LogP contribution in [0.15, 0.2) is 36.5 Å². The molecule has 1 heterocycles. The molecule has 1 amide bonds. The van der Waals surface area contributed by atoms with Crippen molar-refractivity contribution in [3.8, 4) is 0 Å². The molecule has 2 aromatic rings. The number of carboxylic acids is 1. The number of aromatic amines is 1. The summed E-state index contributed by atoms with van der Waals surface area (Å²) in [7, 11) is 0. The fraction of sp³-hybridized carbons (Fsp3) is 0.231. The number of rotatable bonds is 4. The lowest BCUT2D eigenvalue weighted by atomic mass is 10.2. The van der Waals surface area contributed by atoms with Gasteiger partial charge in [0.05, 0.1) is 0 Å². The number of carbonyl (C=O) groups excluding carboxylic acids is 1. The first-order valence-electron chi connectivity index (χ1n) is 5.79. The van der Waals surface area contributed by atoms with Gasteiger partial charge in [0.1, 0.15) is 6.04 Å². The first-order valence-corrected chi connectivity index (χ1v) is 5.79. The number of aliphatic carboxylic acids is 1. The molecule has 6 heteroatoms. The minimum Gasteiger partial charge on any atom is -0.480 e. The van der Waals surface area contributed by atoms with E-state index in [1.165, 1.54) is 10.9 Å². The van der Waals surface area contributed by atoms with Crippen molar-refractivity contribution in [2.75, 3.05) is 0 Å². The Hall–Kier alpha value is -2.34. The van der Waals surface area contributed by atoms with Gasteiger partial charge < -0.3 is 21.6 Å². The number of benzene rings is 1. The highest BCUT2D eigenvalue weighted by atomic mass is 16.4. The molecule has 19 heavy (non-hydrogen) atoms. The molecule has 0 unspecified atom stereocenters. The predicted octanol–water partition coefficient (Wildman–Crippen LogP) is 0.832. The number of fused-ring (bicyclic) bond motifs is 1. The number of aromatic nitrogens is 1.